The number of rotatable bonds is 2. The lowest BCUT2D eigenvalue weighted by Crippen LogP contribution is -2.44. The molecule has 1 heterocycles. The largest absolute Gasteiger partial charge is 0.480 e. The first-order chi connectivity index (χ1) is 6.00. The Kier molecular flexibility index (Phi) is 3.27. The van der Waals surface area contributed by atoms with Gasteiger partial charge in [-0.2, -0.15) is 0 Å². The normalized spacial score (nSPS) is 37.0. The van der Waals surface area contributed by atoms with Crippen LogP contribution in [0.4, 0.5) is 0 Å². The summed E-state index contributed by atoms with van der Waals surface area (Å²) in [5.41, 5.74) is 5.56. The van der Waals surface area contributed by atoms with Gasteiger partial charge in [-0.25, -0.2) is 0 Å². The summed E-state index contributed by atoms with van der Waals surface area (Å²) in [7, 11) is 0. The van der Waals surface area contributed by atoms with Gasteiger partial charge in [0.05, 0.1) is 12.2 Å². The first-order valence-electron chi connectivity index (χ1n) is 4.64. The predicted molar refractivity (Wildman–Crippen MR) is 48.3 cm³/mol. The van der Waals surface area contributed by atoms with Crippen LogP contribution in [0, 0.1) is 5.92 Å². The summed E-state index contributed by atoms with van der Waals surface area (Å²) in [5.74, 6) is -0.859. The molecule has 1 fully saturated rings. The molecule has 4 nitrogen and oxygen atoms in total. The van der Waals surface area contributed by atoms with Crippen LogP contribution in [-0.2, 0) is 9.53 Å². The van der Waals surface area contributed by atoms with Gasteiger partial charge in [0, 0.05) is 0 Å². The van der Waals surface area contributed by atoms with Crippen molar-refractivity contribution in [2.45, 2.75) is 44.9 Å². The van der Waals surface area contributed by atoms with E-state index in [1.807, 2.05) is 13.8 Å². The van der Waals surface area contributed by atoms with Crippen molar-refractivity contribution >= 4 is 5.97 Å². The summed E-state index contributed by atoms with van der Waals surface area (Å²) >= 11 is 0. The maximum atomic E-state index is 10.6. The first-order valence-corrected chi connectivity index (χ1v) is 4.64. The fraction of sp³-hybridized carbons (Fsp3) is 0.889. The molecule has 76 valence electrons. The Morgan fingerprint density at radius 3 is 2.31 bits per heavy atom. The molecule has 1 rings (SSSR count). The summed E-state index contributed by atoms with van der Waals surface area (Å²) in [6.45, 7) is 3.91. The van der Waals surface area contributed by atoms with E-state index in [9.17, 15) is 4.79 Å². The number of ether oxygens (including phenoxy) is 1. The molecule has 13 heavy (non-hydrogen) atoms. The van der Waals surface area contributed by atoms with E-state index in [-0.39, 0.29) is 18.1 Å². The standard InChI is InChI=1S/C9H17NO3/c1-5-3-7(4-6(2)13-5)8(10)9(11)12/h5-8H,3-4,10H2,1-2H3,(H,11,12)/t5-,6?,7?,8?/m1/s1. The lowest BCUT2D eigenvalue weighted by molar-refractivity contribution is -0.142. The molecule has 0 aromatic rings. The fourth-order valence-electron chi connectivity index (χ4n) is 1.95. The van der Waals surface area contributed by atoms with E-state index in [1.165, 1.54) is 0 Å². The Morgan fingerprint density at radius 2 is 1.92 bits per heavy atom. The quantitative estimate of drug-likeness (QED) is 0.664. The zero-order valence-electron chi connectivity index (χ0n) is 8.06. The maximum Gasteiger partial charge on any atom is 0.320 e. The maximum absolute atomic E-state index is 10.6. The lowest BCUT2D eigenvalue weighted by atomic mass is 9.87. The van der Waals surface area contributed by atoms with E-state index in [0.29, 0.717) is 0 Å². The molecule has 4 atom stereocenters. The van der Waals surface area contributed by atoms with Crippen LogP contribution in [0.1, 0.15) is 26.7 Å². The first kappa shape index (κ1) is 10.5. The van der Waals surface area contributed by atoms with Gasteiger partial charge in [0.2, 0.25) is 0 Å². The molecule has 1 aliphatic rings. The third kappa shape index (κ3) is 2.67. The third-order valence-corrected chi connectivity index (χ3v) is 2.53. The van der Waals surface area contributed by atoms with Crippen molar-refractivity contribution in [1.29, 1.82) is 0 Å². The predicted octanol–water partition coefficient (Wildman–Crippen LogP) is 0.602. The van der Waals surface area contributed by atoms with E-state index >= 15 is 0 Å². The van der Waals surface area contributed by atoms with Crippen LogP contribution in [0.2, 0.25) is 0 Å². The molecule has 4 heteroatoms. The van der Waals surface area contributed by atoms with Gasteiger partial charge in [-0.05, 0) is 32.6 Å². The highest BCUT2D eigenvalue weighted by Crippen LogP contribution is 2.26. The van der Waals surface area contributed by atoms with Gasteiger partial charge in [0.25, 0.3) is 0 Å². The van der Waals surface area contributed by atoms with E-state index < -0.39 is 12.0 Å². The summed E-state index contributed by atoms with van der Waals surface area (Å²) in [5, 5.41) is 8.74. The van der Waals surface area contributed by atoms with Crippen LogP contribution in [0.15, 0.2) is 0 Å². The molecule has 0 amide bonds. The Hall–Kier alpha value is -0.610. The van der Waals surface area contributed by atoms with Crippen LogP contribution < -0.4 is 5.73 Å². The third-order valence-electron chi connectivity index (χ3n) is 2.53. The highest BCUT2D eigenvalue weighted by molar-refractivity contribution is 5.73. The molecule has 0 saturated carbocycles. The highest BCUT2D eigenvalue weighted by Gasteiger charge is 2.31. The minimum Gasteiger partial charge on any atom is -0.480 e. The van der Waals surface area contributed by atoms with Crippen molar-refractivity contribution < 1.29 is 14.6 Å². The minimum absolute atomic E-state index is 0.0521. The van der Waals surface area contributed by atoms with E-state index in [2.05, 4.69) is 0 Å². The number of aliphatic carboxylic acids is 1. The minimum atomic E-state index is -0.911. The van der Waals surface area contributed by atoms with Crippen LogP contribution >= 0.6 is 0 Å². The van der Waals surface area contributed by atoms with Crippen LogP contribution in [0.25, 0.3) is 0 Å². The van der Waals surface area contributed by atoms with Gasteiger partial charge in [-0.1, -0.05) is 0 Å². The van der Waals surface area contributed by atoms with Gasteiger partial charge in [0.1, 0.15) is 6.04 Å². The number of carboxylic acids is 1. The molecule has 3 unspecified atom stereocenters. The average molecular weight is 187 g/mol. The summed E-state index contributed by atoms with van der Waals surface area (Å²) < 4.78 is 5.50. The van der Waals surface area contributed by atoms with Crippen LogP contribution in [0.5, 0.6) is 0 Å². The van der Waals surface area contributed by atoms with Gasteiger partial charge in [-0.15, -0.1) is 0 Å². The number of carbonyl (C=O) groups is 1. The Morgan fingerprint density at radius 1 is 1.46 bits per heavy atom. The Labute approximate surface area is 78.1 Å². The molecule has 0 aromatic carbocycles. The summed E-state index contributed by atoms with van der Waals surface area (Å²) in [6, 6.07) is -0.742. The molecule has 0 bridgehead atoms. The second kappa shape index (κ2) is 4.07. The molecule has 0 aromatic heterocycles. The molecule has 1 aliphatic heterocycles. The molecular formula is C9H17NO3. The van der Waals surface area contributed by atoms with Gasteiger partial charge in [0.15, 0.2) is 0 Å². The van der Waals surface area contributed by atoms with E-state index in [0.717, 1.165) is 12.8 Å². The fourth-order valence-corrected chi connectivity index (χ4v) is 1.95. The Balaban J connectivity index is 2.54. The summed E-state index contributed by atoms with van der Waals surface area (Å²) in [6.07, 6.45) is 1.74. The monoisotopic (exact) mass is 187 g/mol. The van der Waals surface area contributed by atoms with E-state index in [1.54, 1.807) is 0 Å². The van der Waals surface area contributed by atoms with Gasteiger partial charge in [-0.3, -0.25) is 4.79 Å². The van der Waals surface area contributed by atoms with Gasteiger partial charge >= 0.3 is 5.97 Å². The Bertz CT molecular complexity index is 185. The van der Waals surface area contributed by atoms with Gasteiger partial charge < -0.3 is 15.6 Å². The van der Waals surface area contributed by atoms with Crippen LogP contribution in [-0.4, -0.2) is 29.3 Å². The van der Waals surface area contributed by atoms with Crippen molar-refractivity contribution in [2.75, 3.05) is 0 Å². The number of hydrogen-bond donors (Lipinski definition) is 2. The number of nitrogens with two attached hydrogens (primary N) is 1. The SMILES string of the molecule is CC1CC(C(N)C(=O)O)C[C@@H](C)O1. The zero-order valence-corrected chi connectivity index (χ0v) is 8.06. The van der Waals surface area contributed by atoms with Crippen molar-refractivity contribution in [3.8, 4) is 0 Å². The van der Waals surface area contributed by atoms with Crippen molar-refractivity contribution in [2.24, 2.45) is 11.7 Å². The summed E-state index contributed by atoms with van der Waals surface area (Å²) in [4.78, 5) is 10.6. The van der Waals surface area contributed by atoms with Crippen LogP contribution in [0.3, 0.4) is 0 Å². The van der Waals surface area contributed by atoms with E-state index in [4.69, 9.17) is 15.6 Å². The average Bonchev–Trinajstić information content (AvgIpc) is 2.01. The second-order valence-corrected chi connectivity index (χ2v) is 3.85. The zero-order chi connectivity index (χ0) is 10.0. The second-order valence-electron chi connectivity index (χ2n) is 3.85. The number of carboxylic acid groups (broad SMARTS) is 1. The lowest BCUT2D eigenvalue weighted by Gasteiger charge is -2.33. The highest BCUT2D eigenvalue weighted by atomic mass is 16.5. The topological polar surface area (TPSA) is 72.6 Å². The number of hydrogen-bond acceptors (Lipinski definition) is 3. The van der Waals surface area contributed by atoms with Crippen molar-refractivity contribution in [1.82, 2.24) is 0 Å². The molecule has 3 N–H and O–H groups in total. The molecule has 0 radical (unpaired) electrons. The van der Waals surface area contributed by atoms with Crippen molar-refractivity contribution in [3.05, 3.63) is 0 Å². The van der Waals surface area contributed by atoms with Crippen molar-refractivity contribution in [3.63, 3.8) is 0 Å². The molecule has 1 saturated heterocycles. The molecule has 0 spiro atoms. The smallest absolute Gasteiger partial charge is 0.320 e. The molecule has 0 aliphatic carbocycles. The molecular weight excluding hydrogens is 170 g/mol.